The van der Waals surface area contributed by atoms with Gasteiger partial charge in [-0.1, -0.05) is 18.2 Å². The Morgan fingerprint density at radius 1 is 1.26 bits per heavy atom. The Kier molecular flexibility index (Phi) is 4.58. The van der Waals surface area contributed by atoms with Crippen molar-refractivity contribution in [3.63, 3.8) is 0 Å². The van der Waals surface area contributed by atoms with Crippen molar-refractivity contribution in [2.45, 2.75) is 26.4 Å². The van der Waals surface area contributed by atoms with Crippen LogP contribution in [0, 0.1) is 6.92 Å². The maximum Gasteiger partial charge on any atom is 0.241 e. The number of nitrogens with zero attached hydrogens (tertiary/aromatic N) is 3. The van der Waals surface area contributed by atoms with Crippen molar-refractivity contribution in [2.24, 2.45) is 0 Å². The summed E-state index contributed by atoms with van der Waals surface area (Å²) in [6.45, 7) is 5.93. The van der Waals surface area contributed by atoms with Crippen molar-refractivity contribution >= 4 is 22.5 Å². The number of nitrogens with one attached hydrogen (secondary N) is 1. The first-order valence-corrected chi connectivity index (χ1v) is 9.18. The standard InChI is InChI=1S/C21H24N4O2/c1-14-6-4-5-7-20(14)25-11-15(2)24(13-21(25)26)12-19-17-10-16(27-3)8-9-18(17)22-23-19/h4-10,15H,11-13H2,1-3H3,(H,22,23). The Hall–Kier alpha value is -2.86. The summed E-state index contributed by atoms with van der Waals surface area (Å²) >= 11 is 0. The first-order valence-electron chi connectivity index (χ1n) is 9.18. The summed E-state index contributed by atoms with van der Waals surface area (Å²) in [5, 5.41) is 8.54. The summed E-state index contributed by atoms with van der Waals surface area (Å²) in [4.78, 5) is 16.9. The fourth-order valence-electron chi connectivity index (χ4n) is 3.70. The number of benzene rings is 2. The minimum atomic E-state index is 0.129. The third-order valence-electron chi connectivity index (χ3n) is 5.32. The zero-order chi connectivity index (χ0) is 19.0. The van der Waals surface area contributed by atoms with Crippen LogP contribution in [0.4, 0.5) is 5.69 Å². The largest absolute Gasteiger partial charge is 0.497 e. The van der Waals surface area contributed by atoms with E-state index in [1.807, 2.05) is 54.3 Å². The second kappa shape index (κ2) is 7.04. The summed E-state index contributed by atoms with van der Waals surface area (Å²) in [5.74, 6) is 0.933. The van der Waals surface area contributed by atoms with Gasteiger partial charge in [-0.15, -0.1) is 0 Å². The Bertz CT molecular complexity index is 981. The van der Waals surface area contributed by atoms with Gasteiger partial charge >= 0.3 is 0 Å². The lowest BCUT2D eigenvalue weighted by Crippen LogP contribution is -2.55. The fourth-order valence-corrected chi connectivity index (χ4v) is 3.70. The molecule has 140 valence electrons. The highest BCUT2D eigenvalue weighted by atomic mass is 16.5. The normalized spacial score (nSPS) is 18.3. The number of piperazine rings is 1. The van der Waals surface area contributed by atoms with Crippen LogP contribution >= 0.6 is 0 Å². The molecule has 1 saturated heterocycles. The summed E-state index contributed by atoms with van der Waals surface area (Å²) in [6.07, 6.45) is 0. The number of aryl methyl sites for hydroxylation is 1. The van der Waals surface area contributed by atoms with Crippen LogP contribution < -0.4 is 9.64 Å². The molecule has 0 aliphatic carbocycles. The Morgan fingerprint density at radius 3 is 2.85 bits per heavy atom. The minimum absolute atomic E-state index is 0.129. The average molecular weight is 364 g/mol. The lowest BCUT2D eigenvalue weighted by atomic mass is 10.1. The van der Waals surface area contributed by atoms with E-state index < -0.39 is 0 Å². The number of aromatic amines is 1. The van der Waals surface area contributed by atoms with Crippen molar-refractivity contribution in [2.75, 3.05) is 25.1 Å². The molecule has 1 N–H and O–H groups in total. The number of carbonyl (C=O) groups is 1. The Labute approximate surface area is 158 Å². The third kappa shape index (κ3) is 3.28. The molecular weight excluding hydrogens is 340 g/mol. The third-order valence-corrected chi connectivity index (χ3v) is 5.32. The van der Waals surface area contributed by atoms with Crippen LogP contribution in [-0.2, 0) is 11.3 Å². The molecule has 0 radical (unpaired) electrons. The number of anilines is 1. The van der Waals surface area contributed by atoms with Gasteiger partial charge in [0.1, 0.15) is 5.75 Å². The number of H-pyrrole nitrogens is 1. The van der Waals surface area contributed by atoms with Gasteiger partial charge < -0.3 is 9.64 Å². The summed E-state index contributed by atoms with van der Waals surface area (Å²) in [5.41, 5.74) is 4.04. The zero-order valence-electron chi connectivity index (χ0n) is 15.9. The van der Waals surface area contributed by atoms with Crippen LogP contribution in [0.15, 0.2) is 42.5 Å². The topological polar surface area (TPSA) is 61.5 Å². The van der Waals surface area contributed by atoms with E-state index in [-0.39, 0.29) is 11.9 Å². The van der Waals surface area contributed by atoms with E-state index in [1.54, 1.807) is 7.11 Å². The van der Waals surface area contributed by atoms with Gasteiger partial charge in [0.25, 0.3) is 0 Å². The van der Waals surface area contributed by atoms with E-state index in [0.29, 0.717) is 19.6 Å². The van der Waals surface area contributed by atoms with Crippen molar-refractivity contribution in [1.82, 2.24) is 15.1 Å². The number of para-hydroxylation sites is 1. The number of methoxy groups -OCH3 is 1. The smallest absolute Gasteiger partial charge is 0.241 e. The van der Waals surface area contributed by atoms with Crippen LogP contribution in [0.3, 0.4) is 0 Å². The van der Waals surface area contributed by atoms with Gasteiger partial charge in [0.05, 0.1) is 24.9 Å². The average Bonchev–Trinajstić information content (AvgIpc) is 3.07. The van der Waals surface area contributed by atoms with Crippen molar-refractivity contribution in [3.8, 4) is 5.75 Å². The number of ether oxygens (including phenoxy) is 1. The predicted octanol–water partition coefficient (Wildman–Crippen LogP) is 3.12. The molecule has 6 heteroatoms. The number of carbonyl (C=O) groups excluding carboxylic acids is 1. The van der Waals surface area contributed by atoms with E-state index in [0.717, 1.165) is 33.6 Å². The molecule has 0 spiro atoms. The molecule has 1 fully saturated rings. The van der Waals surface area contributed by atoms with Crippen LogP contribution in [0.2, 0.25) is 0 Å². The van der Waals surface area contributed by atoms with E-state index in [4.69, 9.17) is 4.74 Å². The van der Waals surface area contributed by atoms with Crippen molar-refractivity contribution in [1.29, 1.82) is 0 Å². The summed E-state index contributed by atoms with van der Waals surface area (Å²) < 4.78 is 5.33. The number of rotatable bonds is 4. The Balaban J connectivity index is 1.55. The molecule has 0 saturated carbocycles. The highest BCUT2D eigenvalue weighted by molar-refractivity contribution is 5.96. The van der Waals surface area contributed by atoms with Gasteiger partial charge in [-0.25, -0.2) is 0 Å². The molecule has 6 nitrogen and oxygen atoms in total. The molecule has 3 aromatic rings. The monoisotopic (exact) mass is 364 g/mol. The Morgan fingerprint density at radius 2 is 2.07 bits per heavy atom. The number of hydrogen-bond donors (Lipinski definition) is 1. The lowest BCUT2D eigenvalue weighted by Gasteiger charge is -2.39. The van der Waals surface area contributed by atoms with E-state index in [1.165, 1.54) is 0 Å². The highest BCUT2D eigenvalue weighted by Gasteiger charge is 2.31. The number of fused-ring (bicyclic) bond motifs is 1. The predicted molar refractivity (Wildman–Crippen MR) is 106 cm³/mol. The molecule has 1 unspecified atom stereocenters. The van der Waals surface area contributed by atoms with Crippen LogP contribution in [0.25, 0.3) is 10.9 Å². The van der Waals surface area contributed by atoms with Gasteiger partial charge in [-0.2, -0.15) is 5.10 Å². The van der Waals surface area contributed by atoms with Gasteiger partial charge in [0, 0.05) is 30.2 Å². The SMILES string of the molecule is COc1ccc2n[nH]c(CN3CC(=O)N(c4ccccc4C)CC3C)c2c1. The zero-order valence-corrected chi connectivity index (χ0v) is 15.9. The molecule has 2 heterocycles. The summed E-state index contributed by atoms with van der Waals surface area (Å²) in [6, 6.07) is 14.1. The van der Waals surface area contributed by atoms with Crippen molar-refractivity contribution < 1.29 is 9.53 Å². The van der Waals surface area contributed by atoms with Crippen LogP contribution in [0.1, 0.15) is 18.2 Å². The van der Waals surface area contributed by atoms with Gasteiger partial charge in [0.15, 0.2) is 0 Å². The molecule has 1 aromatic heterocycles. The van der Waals surface area contributed by atoms with Gasteiger partial charge in [-0.3, -0.25) is 14.8 Å². The molecule has 27 heavy (non-hydrogen) atoms. The second-order valence-electron chi connectivity index (χ2n) is 7.13. The molecule has 1 aliphatic rings. The first kappa shape index (κ1) is 17.5. The van der Waals surface area contributed by atoms with Crippen molar-refractivity contribution in [3.05, 3.63) is 53.7 Å². The minimum Gasteiger partial charge on any atom is -0.497 e. The summed E-state index contributed by atoms with van der Waals surface area (Å²) in [7, 11) is 1.66. The number of amides is 1. The highest BCUT2D eigenvalue weighted by Crippen LogP contribution is 2.27. The second-order valence-corrected chi connectivity index (χ2v) is 7.13. The maximum atomic E-state index is 12.8. The molecule has 0 bridgehead atoms. The van der Waals surface area contributed by atoms with E-state index in [9.17, 15) is 4.79 Å². The molecule has 2 aromatic carbocycles. The number of aromatic nitrogens is 2. The molecule has 1 amide bonds. The van der Waals surface area contributed by atoms with Crippen LogP contribution in [0.5, 0.6) is 5.75 Å². The molecule has 1 aliphatic heterocycles. The molecule has 4 rings (SSSR count). The number of hydrogen-bond acceptors (Lipinski definition) is 4. The quantitative estimate of drug-likeness (QED) is 0.773. The lowest BCUT2D eigenvalue weighted by molar-refractivity contribution is -0.122. The fraction of sp³-hybridized carbons (Fsp3) is 0.333. The molecule has 1 atom stereocenters. The molecular formula is C21H24N4O2. The van der Waals surface area contributed by atoms with E-state index in [2.05, 4.69) is 22.0 Å². The van der Waals surface area contributed by atoms with Gasteiger partial charge in [-0.05, 0) is 43.7 Å². The van der Waals surface area contributed by atoms with Gasteiger partial charge in [0.2, 0.25) is 5.91 Å². The van der Waals surface area contributed by atoms with Crippen LogP contribution in [-0.4, -0.2) is 47.2 Å². The van der Waals surface area contributed by atoms with E-state index >= 15 is 0 Å². The maximum absolute atomic E-state index is 12.8. The first-order chi connectivity index (χ1) is 13.1.